The van der Waals surface area contributed by atoms with Gasteiger partial charge in [-0.3, -0.25) is 0 Å². The molecule has 0 aliphatic rings. The highest BCUT2D eigenvalue weighted by Crippen LogP contribution is 2.39. The lowest BCUT2D eigenvalue weighted by Gasteiger charge is -2.44. The van der Waals surface area contributed by atoms with Crippen LogP contribution in [0.25, 0.3) is 0 Å². The lowest BCUT2D eigenvalue weighted by atomic mass is 9.92. The van der Waals surface area contributed by atoms with Crippen molar-refractivity contribution < 1.29 is 72.3 Å². The fraction of sp³-hybridized carbons (Fsp3) is 1.00. The Morgan fingerprint density at radius 1 is 0.279 bits per heavy atom. The quantitative estimate of drug-likeness (QED) is 0.0421. The summed E-state index contributed by atoms with van der Waals surface area (Å²) in [5.41, 5.74) is -1.33. The number of aliphatic hydroxyl groups excluding tert-OH is 4. The summed E-state index contributed by atoms with van der Waals surface area (Å²) in [5.74, 6) is 0.780. The van der Waals surface area contributed by atoms with Crippen molar-refractivity contribution in [3.05, 3.63) is 0 Å². The maximum atomic E-state index is 10.4. The van der Waals surface area contributed by atoms with E-state index in [2.05, 4.69) is 239 Å². The molecule has 0 heterocycles. The van der Waals surface area contributed by atoms with Crippen LogP contribution in [0, 0.1) is 34.5 Å². The second-order valence-corrected chi connectivity index (χ2v) is 86.2. The molecule has 0 radical (unpaired) electrons. The number of aliphatic hydroxyl groups is 4. The van der Waals surface area contributed by atoms with Crippen LogP contribution in [0.15, 0.2) is 0 Å². The second-order valence-electron chi connectivity index (χ2n) is 34.6. The standard InChI is InChI=1S/2C29H72O8Si6/c1-25(19-42(17,34-38(5,6)7)35-39(8,9)10)27(3)32-23-29(21-30,22-31)24-33-28(4)26(2)20-43(18,36-40(11,12)13)37-41(14,15)16;1-25(27(3)42(17,34-38(5,6)7)35-39(8,9)10)19-32-23-29(21-30,22-31)24-33-20-26(2)28(4)43(18,36-40(11,12)13)37-41(14,15)16/h2*25-28,30-31H,19-24H2,1-18H3. The van der Waals surface area contributed by atoms with Gasteiger partial charge >= 0.3 is 34.2 Å². The molecule has 16 nitrogen and oxygen atoms in total. The van der Waals surface area contributed by atoms with Gasteiger partial charge in [0.1, 0.15) is 0 Å². The van der Waals surface area contributed by atoms with Crippen LogP contribution in [0.5, 0.6) is 0 Å². The Bertz CT molecular complexity index is 1680. The number of hydrogen-bond acceptors (Lipinski definition) is 16. The fourth-order valence-corrected chi connectivity index (χ4v) is 62.8. The largest absolute Gasteiger partial charge is 0.437 e. The predicted molar refractivity (Wildman–Crippen MR) is 393 cm³/mol. The Morgan fingerprint density at radius 3 is 0.663 bits per heavy atom. The van der Waals surface area contributed by atoms with E-state index in [-0.39, 0.29) is 99.8 Å². The Hall–Kier alpha value is 1.96. The first-order chi connectivity index (χ1) is 38.0. The van der Waals surface area contributed by atoms with Crippen molar-refractivity contribution in [2.45, 2.75) is 274 Å². The molecule has 0 saturated heterocycles. The summed E-state index contributed by atoms with van der Waals surface area (Å²) in [5, 5.41) is 41.4. The average molecular weight is 1430 g/mol. The fourth-order valence-electron chi connectivity index (χ4n) is 10.9. The molecule has 0 aliphatic heterocycles. The molecule has 28 heteroatoms. The highest BCUT2D eigenvalue weighted by molar-refractivity contribution is 6.90. The van der Waals surface area contributed by atoms with Crippen LogP contribution in [-0.4, -0.2) is 199 Å². The molecule has 0 saturated carbocycles. The summed E-state index contributed by atoms with van der Waals surface area (Å²) >= 11 is 0. The zero-order valence-corrected chi connectivity index (χ0v) is 74.8. The van der Waals surface area contributed by atoms with E-state index in [0.717, 1.165) is 12.1 Å². The molecule has 0 spiro atoms. The van der Waals surface area contributed by atoms with Gasteiger partial charge in [-0.2, -0.15) is 0 Å². The van der Waals surface area contributed by atoms with Gasteiger partial charge in [-0.15, -0.1) is 0 Å². The summed E-state index contributed by atoms with van der Waals surface area (Å²) in [7, 11) is -24.3. The van der Waals surface area contributed by atoms with Crippen molar-refractivity contribution in [3.8, 4) is 0 Å². The van der Waals surface area contributed by atoms with Crippen molar-refractivity contribution in [2.75, 3.05) is 66.1 Å². The summed E-state index contributed by atoms with van der Waals surface area (Å²) in [6.45, 7) is 80.4. The monoisotopic (exact) mass is 1430 g/mol. The van der Waals surface area contributed by atoms with Gasteiger partial charge in [0.25, 0.3) is 0 Å². The molecule has 8 atom stereocenters. The average Bonchev–Trinajstić information content (AvgIpc) is 2.30. The minimum Gasteiger partial charge on any atom is -0.437 e. The SMILES string of the molecule is CC(COCC(CO)(CO)COCC(C)C(C)[Si](C)(O[Si](C)(C)C)O[Si](C)(C)C)C(C)[Si](C)(O[Si](C)(C)C)O[Si](C)(C)C.CC(C[Si](C)(O[Si](C)(C)C)O[Si](C)(C)C)C(C)OCC(CO)(CO)COC(C)C(C)C[Si](C)(O[Si](C)(C)C)O[Si](C)(C)C. The van der Waals surface area contributed by atoms with Crippen LogP contribution in [0.1, 0.15) is 55.4 Å². The summed E-state index contributed by atoms with van der Waals surface area (Å²) in [6.07, 6.45) is -0.194. The third kappa shape index (κ3) is 39.1. The lowest BCUT2D eigenvalue weighted by molar-refractivity contribution is -0.115. The van der Waals surface area contributed by atoms with Gasteiger partial charge in [-0.05, 0) is 233 Å². The van der Waals surface area contributed by atoms with Gasteiger partial charge in [-0.1, -0.05) is 41.5 Å². The van der Waals surface area contributed by atoms with Crippen molar-refractivity contribution in [3.63, 3.8) is 0 Å². The minimum atomic E-state index is -2.48. The second kappa shape index (κ2) is 35.8. The zero-order chi connectivity index (χ0) is 68.6. The molecule has 86 heavy (non-hydrogen) atoms. The maximum Gasteiger partial charge on any atom is 0.317 e. The topological polar surface area (TPSA) is 192 Å². The normalized spacial score (nSPS) is 17.6. The van der Waals surface area contributed by atoms with Crippen molar-refractivity contribution in [1.29, 1.82) is 0 Å². The first-order valence-corrected chi connectivity index (χ1v) is 69.5. The van der Waals surface area contributed by atoms with Crippen LogP contribution < -0.4 is 0 Å². The molecule has 4 N–H and O–H groups in total. The highest BCUT2D eigenvalue weighted by atomic mass is 28.5. The third-order valence-electron chi connectivity index (χ3n) is 14.7. The summed E-state index contributed by atoms with van der Waals surface area (Å²) in [4.78, 5) is 0. The van der Waals surface area contributed by atoms with Crippen molar-refractivity contribution >= 4 is 101 Å². The molecule has 0 fully saturated rings. The van der Waals surface area contributed by atoms with Gasteiger partial charge in [0.05, 0.1) is 75.9 Å². The summed E-state index contributed by atoms with van der Waals surface area (Å²) < 4.78 is 79.0. The highest BCUT2D eigenvalue weighted by Gasteiger charge is 2.50. The number of hydrogen-bond donors (Lipinski definition) is 4. The van der Waals surface area contributed by atoms with E-state index < -0.39 is 112 Å². The van der Waals surface area contributed by atoms with Crippen LogP contribution >= 0.6 is 0 Å². The van der Waals surface area contributed by atoms with Crippen LogP contribution in [0.3, 0.4) is 0 Å². The van der Waals surface area contributed by atoms with Crippen molar-refractivity contribution in [2.24, 2.45) is 34.5 Å². The van der Waals surface area contributed by atoms with Crippen molar-refractivity contribution in [1.82, 2.24) is 0 Å². The number of rotatable bonds is 44. The molecule has 0 bridgehead atoms. The molecule has 0 aromatic heterocycles. The molecule has 8 unspecified atom stereocenters. The third-order valence-corrected chi connectivity index (χ3v) is 54.9. The maximum absolute atomic E-state index is 10.4. The van der Waals surface area contributed by atoms with Gasteiger partial charge in [0.15, 0.2) is 66.5 Å². The van der Waals surface area contributed by atoms with Crippen LogP contribution in [0.4, 0.5) is 0 Å². The van der Waals surface area contributed by atoms with Crippen LogP contribution in [-0.2, 0) is 51.9 Å². The molecule has 0 aromatic carbocycles. The van der Waals surface area contributed by atoms with Gasteiger partial charge in [-0.25, -0.2) is 0 Å². The molecule has 0 aromatic rings. The molecule has 0 amide bonds. The van der Waals surface area contributed by atoms with E-state index in [1.807, 2.05) is 0 Å². The van der Waals surface area contributed by atoms with Gasteiger partial charge < -0.3 is 72.3 Å². The Balaban J connectivity index is 0. The summed E-state index contributed by atoms with van der Waals surface area (Å²) in [6, 6.07) is 1.67. The van der Waals surface area contributed by atoms with Gasteiger partial charge in [0.2, 0.25) is 0 Å². The Labute approximate surface area is 544 Å². The molecule has 0 aliphatic carbocycles. The zero-order valence-electron chi connectivity index (χ0n) is 62.8. The number of ether oxygens (including phenoxy) is 4. The predicted octanol–water partition coefficient (Wildman–Crippen LogP) is 15.2. The Morgan fingerprint density at radius 2 is 0.477 bits per heavy atom. The molecule has 0 rings (SSSR count). The van der Waals surface area contributed by atoms with Crippen LogP contribution in [0.2, 0.25) is 206 Å². The van der Waals surface area contributed by atoms with Gasteiger partial charge in [0, 0.05) is 24.3 Å². The smallest absolute Gasteiger partial charge is 0.317 e. The first-order valence-electron chi connectivity index (χ1n) is 32.4. The van der Waals surface area contributed by atoms with E-state index >= 15 is 0 Å². The van der Waals surface area contributed by atoms with E-state index in [1.165, 1.54) is 0 Å². The van der Waals surface area contributed by atoms with E-state index in [9.17, 15) is 20.4 Å². The van der Waals surface area contributed by atoms with E-state index in [4.69, 9.17) is 51.9 Å². The molecular weight excluding hydrogens is 1290 g/mol. The van der Waals surface area contributed by atoms with E-state index in [1.54, 1.807) is 0 Å². The molecule has 520 valence electrons. The minimum absolute atomic E-state index is 0.0970. The Kier molecular flexibility index (Phi) is 37.5. The first kappa shape index (κ1) is 90.0. The lowest BCUT2D eigenvalue weighted by Crippen LogP contribution is -2.56. The molecular formula is C58H144O16Si12. The van der Waals surface area contributed by atoms with E-state index in [0.29, 0.717) is 13.2 Å².